The van der Waals surface area contributed by atoms with Crippen molar-refractivity contribution in [3.05, 3.63) is 49.9 Å². The van der Waals surface area contributed by atoms with Gasteiger partial charge in [0.2, 0.25) is 0 Å². The maximum Gasteiger partial charge on any atom is 0.270 e. The number of nitrogens with zero attached hydrogens (tertiary/aromatic N) is 3. The van der Waals surface area contributed by atoms with E-state index in [4.69, 9.17) is 0 Å². The van der Waals surface area contributed by atoms with Crippen LogP contribution in [0.15, 0.2) is 23.2 Å². The second-order valence-electron chi connectivity index (χ2n) is 7.86. The Hall–Kier alpha value is -2.72. The number of aromatic hydroxyl groups is 1. The van der Waals surface area contributed by atoms with E-state index < -0.39 is 4.92 Å². The van der Waals surface area contributed by atoms with Crippen LogP contribution in [0.3, 0.4) is 0 Å². The van der Waals surface area contributed by atoms with Crippen LogP contribution in [0.25, 0.3) is 0 Å². The molecule has 0 saturated carbocycles. The van der Waals surface area contributed by atoms with E-state index in [1.807, 2.05) is 0 Å². The molecule has 1 aromatic carbocycles. The fourth-order valence-electron chi connectivity index (χ4n) is 3.40. The number of nitro groups is 1. The first-order valence-electron chi connectivity index (χ1n) is 8.77. The fourth-order valence-corrected chi connectivity index (χ4v) is 4.63. The van der Waals surface area contributed by atoms with E-state index in [0.29, 0.717) is 16.5 Å². The van der Waals surface area contributed by atoms with Crippen molar-refractivity contribution in [3.63, 3.8) is 0 Å². The van der Waals surface area contributed by atoms with Crippen LogP contribution in [-0.2, 0) is 12.8 Å². The van der Waals surface area contributed by atoms with Gasteiger partial charge in [0, 0.05) is 28.8 Å². The smallest absolute Gasteiger partial charge is 0.270 e. The molecule has 0 fully saturated rings. The van der Waals surface area contributed by atoms with Gasteiger partial charge in [-0.2, -0.15) is 5.26 Å². The molecule has 0 amide bonds. The molecule has 0 aliphatic heterocycles. The number of rotatable bonds is 3. The minimum atomic E-state index is -0.520. The molecule has 1 N–H and O–H groups in total. The second kappa shape index (κ2) is 7.12. The van der Waals surface area contributed by atoms with Gasteiger partial charge < -0.3 is 5.11 Å². The first-order chi connectivity index (χ1) is 12.7. The maximum absolute atomic E-state index is 10.9. The van der Waals surface area contributed by atoms with Gasteiger partial charge >= 0.3 is 0 Å². The molecular weight excluding hydrogens is 362 g/mol. The van der Waals surface area contributed by atoms with Gasteiger partial charge in [0.15, 0.2) is 0 Å². The number of non-ortho nitro benzene ring substituents is 1. The number of thiophene rings is 1. The minimum absolute atomic E-state index is 0.0861. The average molecular weight is 383 g/mol. The van der Waals surface area contributed by atoms with Crippen molar-refractivity contribution in [1.29, 1.82) is 5.26 Å². The van der Waals surface area contributed by atoms with Crippen molar-refractivity contribution < 1.29 is 10.0 Å². The lowest BCUT2D eigenvalue weighted by atomic mass is 9.72. The summed E-state index contributed by atoms with van der Waals surface area (Å²) in [6.07, 6.45) is 4.25. The number of fused-ring (bicyclic) bond motifs is 1. The lowest BCUT2D eigenvalue weighted by Gasteiger charge is -2.33. The Bertz CT molecular complexity index is 964. The molecule has 3 rings (SSSR count). The molecule has 0 bridgehead atoms. The molecule has 1 aliphatic carbocycles. The van der Waals surface area contributed by atoms with Crippen molar-refractivity contribution in [2.75, 3.05) is 0 Å². The molecule has 0 spiro atoms. The Morgan fingerprint density at radius 2 is 2.19 bits per heavy atom. The normalized spacial score (nSPS) is 16.9. The van der Waals surface area contributed by atoms with Gasteiger partial charge in [0.25, 0.3) is 5.69 Å². The Morgan fingerprint density at radius 1 is 1.44 bits per heavy atom. The van der Waals surface area contributed by atoms with Crippen LogP contribution in [0, 0.1) is 32.8 Å². The first-order valence-corrected chi connectivity index (χ1v) is 9.58. The van der Waals surface area contributed by atoms with Crippen molar-refractivity contribution in [1.82, 2.24) is 0 Å². The fraction of sp³-hybridized carbons (Fsp3) is 0.400. The number of benzene rings is 1. The molecular formula is C20H21N3O3S. The van der Waals surface area contributed by atoms with E-state index in [9.17, 15) is 20.5 Å². The van der Waals surface area contributed by atoms with Crippen LogP contribution in [0.2, 0.25) is 0 Å². The minimum Gasteiger partial charge on any atom is -0.507 e. The van der Waals surface area contributed by atoms with Gasteiger partial charge in [-0.15, -0.1) is 11.3 Å². The predicted molar refractivity (Wildman–Crippen MR) is 106 cm³/mol. The van der Waals surface area contributed by atoms with Crippen LogP contribution >= 0.6 is 11.3 Å². The van der Waals surface area contributed by atoms with E-state index >= 15 is 0 Å². The molecule has 140 valence electrons. The van der Waals surface area contributed by atoms with Crippen LogP contribution in [-0.4, -0.2) is 16.2 Å². The first kappa shape index (κ1) is 19.1. The number of aliphatic imine (C=N–C) groups is 1. The summed E-state index contributed by atoms with van der Waals surface area (Å²) in [5.41, 5.74) is 2.02. The van der Waals surface area contributed by atoms with Crippen LogP contribution < -0.4 is 0 Å². The quantitative estimate of drug-likeness (QED) is 0.451. The molecule has 0 saturated heterocycles. The zero-order chi connectivity index (χ0) is 19.8. The SMILES string of the molecule is CC(C)(C)[C@@H]1CCc2c(sc(N=Cc3cc([N+](=O)[O-])ccc3O)c2C#N)C1. The molecule has 1 atom stereocenters. The predicted octanol–water partition coefficient (Wildman–Crippen LogP) is 5.14. The van der Waals surface area contributed by atoms with Crippen molar-refractivity contribution in [2.24, 2.45) is 16.3 Å². The van der Waals surface area contributed by atoms with E-state index in [1.54, 1.807) is 0 Å². The molecule has 7 heteroatoms. The van der Waals surface area contributed by atoms with Crippen molar-refractivity contribution >= 4 is 28.2 Å². The molecule has 2 aromatic rings. The average Bonchev–Trinajstić information content (AvgIpc) is 2.96. The third kappa shape index (κ3) is 3.86. The third-order valence-corrected chi connectivity index (χ3v) is 6.29. The number of nitro benzene ring substituents is 1. The standard InChI is InChI=1S/C20H21N3O3S/c1-20(2,3)13-4-6-15-16(10-21)19(27-18(15)9-13)22-11-12-8-14(23(25)26)5-7-17(12)24/h5,7-8,11,13,24H,4,6,9H2,1-3H3/t13-/m1/s1. The highest BCUT2D eigenvalue weighted by Crippen LogP contribution is 2.44. The summed E-state index contributed by atoms with van der Waals surface area (Å²) >= 11 is 1.51. The molecule has 27 heavy (non-hydrogen) atoms. The summed E-state index contributed by atoms with van der Waals surface area (Å²) < 4.78 is 0. The number of hydrogen-bond donors (Lipinski definition) is 1. The maximum atomic E-state index is 10.9. The molecule has 0 unspecified atom stereocenters. The van der Waals surface area contributed by atoms with Crippen LogP contribution in [0.4, 0.5) is 10.7 Å². The molecule has 1 heterocycles. The van der Waals surface area contributed by atoms with Crippen LogP contribution in [0.1, 0.15) is 48.8 Å². The highest BCUT2D eigenvalue weighted by Gasteiger charge is 2.32. The number of phenolic OH excluding ortho intramolecular Hbond substituents is 1. The van der Waals surface area contributed by atoms with Gasteiger partial charge in [0.1, 0.15) is 16.8 Å². The van der Waals surface area contributed by atoms with Gasteiger partial charge in [-0.25, -0.2) is 4.99 Å². The van der Waals surface area contributed by atoms with Gasteiger partial charge in [-0.05, 0) is 42.2 Å². The Labute approximate surface area is 162 Å². The Morgan fingerprint density at radius 3 is 2.81 bits per heavy atom. The number of phenols is 1. The van der Waals surface area contributed by atoms with Gasteiger partial charge in [-0.1, -0.05) is 20.8 Å². The molecule has 6 nitrogen and oxygen atoms in total. The number of nitriles is 1. The molecule has 0 radical (unpaired) electrons. The second-order valence-corrected chi connectivity index (χ2v) is 8.94. The van der Waals surface area contributed by atoms with E-state index in [0.717, 1.165) is 24.8 Å². The van der Waals surface area contributed by atoms with Crippen molar-refractivity contribution in [3.8, 4) is 11.8 Å². The molecule has 1 aliphatic rings. The van der Waals surface area contributed by atoms with E-state index in [1.165, 1.54) is 40.6 Å². The van der Waals surface area contributed by atoms with Crippen LogP contribution in [0.5, 0.6) is 5.75 Å². The van der Waals surface area contributed by atoms with Gasteiger partial charge in [-0.3, -0.25) is 10.1 Å². The highest BCUT2D eigenvalue weighted by molar-refractivity contribution is 7.16. The number of hydrogen-bond acceptors (Lipinski definition) is 6. The zero-order valence-corrected chi connectivity index (χ0v) is 16.3. The monoisotopic (exact) mass is 383 g/mol. The van der Waals surface area contributed by atoms with E-state index in [-0.39, 0.29) is 22.4 Å². The van der Waals surface area contributed by atoms with Crippen molar-refractivity contribution in [2.45, 2.75) is 40.0 Å². The third-order valence-electron chi connectivity index (χ3n) is 5.13. The lowest BCUT2D eigenvalue weighted by molar-refractivity contribution is -0.384. The van der Waals surface area contributed by atoms with E-state index in [2.05, 4.69) is 31.8 Å². The Balaban J connectivity index is 1.94. The summed E-state index contributed by atoms with van der Waals surface area (Å²) in [4.78, 5) is 16.0. The zero-order valence-electron chi connectivity index (χ0n) is 15.5. The summed E-state index contributed by atoms with van der Waals surface area (Å²) in [5.74, 6) is 0.477. The summed E-state index contributed by atoms with van der Waals surface area (Å²) in [6, 6.07) is 6.05. The summed E-state index contributed by atoms with van der Waals surface area (Å²) in [7, 11) is 0. The summed E-state index contributed by atoms with van der Waals surface area (Å²) in [5, 5.41) is 31.1. The highest BCUT2D eigenvalue weighted by atomic mass is 32.1. The Kier molecular flexibility index (Phi) is 5.03. The van der Waals surface area contributed by atoms with Gasteiger partial charge in [0.05, 0.1) is 10.5 Å². The molecule has 1 aromatic heterocycles. The largest absolute Gasteiger partial charge is 0.507 e. The lowest BCUT2D eigenvalue weighted by Crippen LogP contribution is -2.26. The topological polar surface area (TPSA) is 99.5 Å². The summed E-state index contributed by atoms with van der Waals surface area (Å²) in [6.45, 7) is 6.73.